The van der Waals surface area contributed by atoms with Crippen LogP contribution < -0.4 is 10.1 Å². The Kier molecular flexibility index (Phi) is 7.60. The van der Waals surface area contributed by atoms with Crippen LogP contribution in [0, 0.1) is 13.8 Å². The summed E-state index contributed by atoms with van der Waals surface area (Å²) in [4.78, 5) is 12.4. The zero-order valence-corrected chi connectivity index (χ0v) is 17.7. The number of nitrogens with one attached hydrogen (secondary N) is 1. The molecule has 152 valence electrons. The molecule has 6 nitrogen and oxygen atoms in total. The van der Waals surface area contributed by atoms with Crippen molar-refractivity contribution in [1.82, 2.24) is 4.31 Å². The number of amides is 1. The lowest BCUT2D eigenvalue weighted by molar-refractivity contribution is -0.118. The van der Waals surface area contributed by atoms with Gasteiger partial charge in [0.05, 0.1) is 4.90 Å². The van der Waals surface area contributed by atoms with Gasteiger partial charge in [-0.25, -0.2) is 12.7 Å². The molecule has 0 aliphatic rings. The normalized spacial score (nSPS) is 11.5. The molecule has 0 heterocycles. The van der Waals surface area contributed by atoms with Gasteiger partial charge in [-0.1, -0.05) is 31.5 Å². The van der Waals surface area contributed by atoms with Gasteiger partial charge in [0.1, 0.15) is 5.75 Å². The zero-order valence-electron chi connectivity index (χ0n) is 16.9. The van der Waals surface area contributed by atoms with E-state index in [0.717, 1.165) is 24.0 Å². The number of rotatable bonds is 9. The highest BCUT2D eigenvalue weighted by Gasteiger charge is 2.20. The molecular formula is C21H28N2O4S. The molecule has 0 aliphatic carbocycles. The number of ether oxygens (including phenoxy) is 1. The van der Waals surface area contributed by atoms with Gasteiger partial charge < -0.3 is 10.1 Å². The number of carbonyl (C=O) groups excluding carboxylic acids is 1. The van der Waals surface area contributed by atoms with Crippen LogP contribution in [0.5, 0.6) is 5.75 Å². The van der Waals surface area contributed by atoms with Gasteiger partial charge in [0, 0.05) is 19.3 Å². The van der Waals surface area contributed by atoms with Gasteiger partial charge >= 0.3 is 0 Å². The molecule has 2 rings (SSSR count). The van der Waals surface area contributed by atoms with Crippen molar-refractivity contribution in [3.05, 3.63) is 53.6 Å². The van der Waals surface area contributed by atoms with Crippen LogP contribution in [0.2, 0.25) is 0 Å². The minimum Gasteiger partial charge on any atom is -0.483 e. The second-order valence-corrected chi connectivity index (χ2v) is 8.81. The highest BCUT2D eigenvalue weighted by molar-refractivity contribution is 7.89. The highest BCUT2D eigenvalue weighted by Crippen LogP contribution is 2.22. The van der Waals surface area contributed by atoms with E-state index in [1.807, 2.05) is 39.0 Å². The average Bonchev–Trinajstić information content (AvgIpc) is 2.66. The van der Waals surface area contributed by atoms with Gasteiger partial charge in [0.2, 0.25) is 10.0 Å². The molecule has 28 heavy (non-hydrogen) atoms. The van der Waals surface area contributed by atoms with Crippen LogP contribution in [-0.2, 0) is 14.8 Å². The minimum absolute atomic E-state index is 0.120. The summed E-state index contributed by atoms with van der Waals surface area (Å²) in [6.07, 6.45) is 1.74. The number of unbranched alkanes of at least 4 members (excludes halogenated alkanes) is 1. The summed E-state index contributed by atoms with van der Waals surface area (Å²) in [5.74, 6) is 0.396. The summed E-state index contributed by atoms with van der Waals surface area (Å²) in [5, 5.41) is 2.72. The molecule has 1 N–H and O–H groups in total. The lowest BCUT2D eigenvalue weighted by atomic mass is 10.1. The summed E-state index contributed by atoms with van der Waals surface area (Å²) in [6.45, 7) is 6.23. The molecule has 0 saturated carbocycles. The summed E-state index contributed by atoms with van der Waals surface area (Å²) in [7, 11) is -1.94. The number of anilines is 1. The number of para-hydroxylation sites is 1. The number of hydrogen-bond donors (Lipinski definition) is 1. The molecule has 0 fully saturated rings. The van der Waals surface area contributed by atoms with Crippen molar-refractivity contribution in [1.29, 1.82) is 0 Å². The largest absolute Gasteiger partial charge is 0.483 e. The Bertz CT molecular complexity index is 888. The highest BCUT2D eigenvalue weighted by atomic mass is 32.2. The number of hydrogen-bond acceptors (Lipinski definition) is 4. The molecular weight excluding hydrogens is 376 g/mol. The van der Waals surface area contributed by atoms with Crippen molar-refractivity contribution in [2.45, 2.75) is 38.5 Å². The Balaban J connectivity index is 1.97. The quantitative estimate of drug-likeness (QED) is 0.691. The first kappa shape index (κ1) is 21.9. The summed E-state index contributed by atoms with van der Waals surface area (Å²) in [5.41, 5.74) is 2.45. The van der Waals surface area contributed by atoms with E-state index in [2.05, 4.69) is 5.32 Å². The van der Waals surface area contributed by atoms with E-state index in [1.165, 1.54) is 16.4 Å². The molecule has 0 radical (unpaired) electrons. The van der Waals surface area contributed by atoms with Crippen molar-refractivity contribution in [2.24, 2.45) is 0 Å². The summed E-state index contributed by atoms with van der Waals surface area (Å²) >= 11 is 0. The molecule has 7 heteroatoms. The maximum atomic E-state index is 12.5. The van der Waals surface area contributed by atoms with Gasteiger partial charge in [-0.15, -0.1) is 0 Å². The SMILES string of the molecule is CCCCN(C)S(=O)(=O)c1ccc(NC(=O)COc2c(C)cccc2C)cc1. The number of carbonyl (C=O) groups is 1. The summed E-state index contributed by atoms with van der Waals surface area (Å²) < 4.78 is 32.0. The summed E-state index contributed by atoms with van der Waals surface area (Å²) in [6, 6.07) is 12.0. The zero-order chi connectivity index (χ0) is 20.7. The number of aryl methyl sites for hydroxylation is 2. The van der Waals surface area contributed by atoms with Crippen molar-refractivity contribution in [3.8, 4) is 5.75 Å². The average molecular weight is 405 g/mol. The lowest BCUT2D eigenvalue weighted by Crippen LogP contribution is -2.28. The van der Waals surface area contributed by atoms with Crippen LogP contribution in [-0.4, -0.2) is 38.8 Å². The lowest BCUT2D eigenvalue weighted by Gasteiger charge is -2.17. The molecule has 0 aliphatic heterocycles. The maximum Gasteiger partial charge on any atom is 0.262 e. The molecule has 0 aromatic heterocycles. The van der Waals surface area contributed by atoms with Gasteiger partial charge in [-0.3, -0.25) is 4.79 Å². The monoisotopic (exact) mass is 404 g/mol. The minimum atomic E-state index is -3.52. The molecule has 0 saturated heterocycles. The Morgan fingerprint density at radius 3 is 2.25 bits per heavy atom. The fourth-order valence-corrected chi connectivity index (χ4v) is 3.96. The van der Waals surface area contributed by atoms with E-state index >= 15 is 0 Å². The van der Waals surface area contributed by atoms with Crippen molar-refractivity contribution in [2.75, 3.05) is 25.5 Å². The van der Waals surface area contributed by atoms with E-state index < -0.39 is 10.0 Å². The van der Waals surface area contributed by atoms with Gasteiger partial charge in [0.15, 0.2) is 6.61 Å². The third kappa shape index (κ3) is 5.56. The predicted molar refractivity (Wildman–Crippen MR) is 111 cm³/mol. The molecule has 0 atom stereocenters. The third-order valence-corrected chi connectivity index (χ3v) is 6.30. The Labute approximate surface area is 167 Å². The van der Waals surface area contributed by atoms with Gasteiger partial charge in [-0.2, -0.15) is 0 Å². The standard InChI is InChI=1S/C21H28N2O4S/c1-5-6-14-23(4)28(25,26)19-12-10-18(11-13-19)22-20(24)15-27-21-16(2)8-7-9-17(21)3/h7-13H,5-6,14-15H2,1-4H3,(H,22,24). The van der Waals surface area contributed by atoms with Gasteiger partial charge in [-0.05, 0) is 55.7 Å². The van der Waals surface area contributed by atoms with Gasteiger partial charge in [0.25, 0.3) is 5.91 Å². The second-order valence-electron chi connectivity index (χ2n) is 6.76. The van der Waals surface area contributed by atoms with E-state index in [0.29, 0.717) is 18.0 Å². The van der Waals surface area contributed by atoms with E-state index in [1.54, 1.807) is 19.2 Å². The Morgan fingerprint density at radius 1 is 1.07 bits per heavy atom. The second kappa shape index (κ2) is 9.71. The first-order chi connectivity index (χ1) is 13.3. The smallest absolute Gasteiger partial charge is 0.262 e. The molecule has 2 aromatic carbocycles. The van der Waals surface area contributed by atoms with Crippen molar-refractivity contribution in [3.63, 3.8) is 0 Å². The third-order valence-electron chi connectivity index (χ3n) is 4.43. The number of benzene rings is 2. The van der Waals surface area contributed by atoms with Crippen molar-refractivity contribution < 1.29 is 17.9 Å². The topological polar surface area (TPSA) is 75.7 Å². The fourth-order valence-electron chi connectivity index (χ4n) is 2.75. The van der Waals surface area contributed by atoms with E-state index in [9.17, 15) is 13.2 Å². The maximum absolute atomic E-state index is 12.5. The van der Waals surface area contributed by atoms with Crippen LogP contribution in [0.1, 0.15) is 30.9 Å². The van der Waals surface area contributed by atoms with Crippen molar-refractivity contribution >= 4 is 21.6 Å². The number of nitrogens with zero attached hydrogens (tertiary/aromatic N) is 1. The van der Waals surface area contributed by atoms with Crippen LogP contribution in [0.15, 0.2) is 47.4 Å². The molecule has 0 bridgehead atoms. The molecule has 0 spiro atoms. The van der Waals surface area contributed by atoms with E-state index in [4.69, 9.17) is 4.74 Å². The first-order valence-electron chi connectivity index (χ1n) is 9.31. The molecule has 1 amide bonds. The Hall–Kier alpha value is -2.38. The van der Waals surface area contributed by atoms with Crippen LogP contribution in [0.25, 0.3) is 0 Å². The fraction of sp³-hybridized carbons (Fsp3) is 0.381. The van der Waals surface area contributed by atoms with Crippen LogP contribution in [0.3, 0.4) is 0 Å². The van der Waals surface area contributed by atoms with E-state index in [-0.39, 0.29) is 17.4 Å². The predicted octanol–water partition coefficient (Wildman–Crippen LogP) is 3.74. The Morgan fingerprint density at radius 2 is 1.68 bits per heavy atom. The van der Waals surface area contributed by atoms with Crippen LogP contribution in [0.4, 0.5) is 5.69 Å². The number of sulfonamides is 1. The van der Waals surface area contributed by atoms with Crippen LogP contribution >= 0.6 is 0 Å². The molecule has 0 unspecified atom stereocenters. The molecule has 2 aromatic rings. The first-order valence-corrected chi connectivity index (χ1v) is 10.7.